The van der Waals surface area contributed by atoms with Crippen molar-refractivity contribution >= 4 is 5.91 Å². The molecule has 0 saturated carbocycles. The summed E-state index contributed by atoms with van der Waals surface area (Å²) in [6.45, 7) is 3.65. The Morgan fingerprint density at radius 2 is 0.788 bits per heavy atom. The van der Waals surface area contributed by atoms with Gasteiger partial charge in [0.05, 0.1) is 25.4 Å². The minimum atomic E-state index is -1.60. The lowest BCUT2D eigenvalue weighted by Crippen LogP contribution is -2.60. The lowest BCUT2D eigenvalue weighted by atomic mass is 9.98. The predicted octanol–water partition coefficient (Wildman–Crippen LogP) is 12.8. The van der Waals surface area contributed by atoms with Crippen LogP contribution in [0, 0.1) is 0 Å². The molecule has 0 bridgehead atoms. The summed E-state index contributed by atoms with van der Waals surface area (Å²) < 4.78 is 11.2. The van der Waals surface area contributed by atoms with E-state index in [1.807, 2.05) is 0 Å². The smallest absolute Gasteiger partial charge is 0.220 e. The number of rotatable bonds is 50. The molecule has 8 atom stereocenters. The van der Waals surface area contributed by atoms with E-state index in [-0.39, 0.29) is 18.9 Å². The van der Waals surface area contributed by atoms with Gasteiger partial charge in [0.2, 0.25) is 5.91 Å². The topological polar surface area (TPSA) is 169 Å². The van der Waals surface area contributed by atoms with E-state index >= 15 is 0 Å². The van der Waals surface area contributed by atoms with Crippen LogP contribution >= 0.6 is 0 Å². The van der Waals surface area contributed by atoms with Gasteiger partial charge >= 0.3 is 0 Å². The van der Waals surface area contributed by atoms with E-state index in [4.69, 9.17) is 9.47 Å². The summed E-state index contributed by atoms with van der Waals surface area (Å²) >= 11 is 0. The highest BCUT2D eigenvalue weighted by Gasteiger charge is 2.44. The number of aliphatic hydroxyl groups is 6. The van der Waals surface area contributed by atoms with Gasteiger partial charge in [-0.05, 0) is 12.8 Å². The highest BCUT2D eigenvalue weighted by atomic mass is 16.7. The Kier molecular flexibility index (Phi) is 44.5. The van der Waals surface area contributed by atoms with Gasteiger partial charge in [0.25, 0.3) is 0 Å². The van der Waals surface area contributed by atoms with E-state index in [0.717, 1.165) is 38.5 Å². The van der Waals surface area contributed by atoms with E-state index in [1.54, 1.807) is 0 Å². The predicted molar refractivity (Wildman–Crippen MR) is 274 cm³/mol. The average molecular weight is 943 g/mol. The van der Waals surface area contributed by atoms with Crippen molar-refractivity contribution < 1.29 is 44.9 Å². The minimum Gasteiger partial charge on any atom is -0.394 e. The standard InChI is InChI=1S/C56H111NO9/c1-3-5-7-9-11-13-15-17-19-20-21-22-23-24-25-26-27-28-29-31-33-35-37-39-41-43-45-51(60)57-48(47-65-56-55(64)54(63)53(62)50(46-58)66-56)52(61)49(59)44-42-40-38-36-34-32-30-18-16-14-12-10-8-6-4-2/h48-50,52-56,58-59,61-64H,3-47H2,1-2H3,(H,57,60)/t48-,49+,50+,52-,53+,54?,55?,56+/m0/s1. The van der Waals surface area contributed by atoms with E-state index in [1.165, 1.54) is 225 Å². The van der Waals surface area contributed by atoms with Crippen molar-refractivity contribution in [1.29, 1.82) is 0 Å². The number of aliphatic hydroxyl groups excluding tert-OH is 6. The minimum absolute atomic E-state index is 0.250. The van der Waals surface area contributed by atoms with Crippen LogP contribution in [0.25, 0.3) is 0 Å². The Hall–Kier alpha value is -0.850. The van der Waals surface area contributed by atoms with Gasteiger partial charge in [-0.3, -0.25) is 4.79 Å². The van der Waals surface area contributed by atoms with Crippen LogP contribution in [0.3, 0.4) is 0 Å². The Balaban J connectivity index is 2.21. The number of carbonyl (C=O) groups is 1. The summed E-state index contributed by atoms with van der Waals surface area (Å²) in [6, 6.07) is -0.986. The van der Waals surface area contributed by atoms with Gasteiger partial charge in [0.1, 0.15) is 30.5 Å². The summed E-state index contributed by atoms with van der Waals surface area (Å²) in [7, 11) is 0. The summed E-state index contributed by atoms with van der Waals surface area (Å²) in [5.74, 6) is -0.250. The molecule has 66 heavy (non-hydrogen) atoms. The number of ether oxygens (including phenoxy) is 2. The molecule has 0 aromatic rings. The van der Waals surface area contributed by atoms with Crippen molar-refractivity contribution in [2.24, 2.45) is 0 Å². The maximum atomic E-state index is 13.1. The Morgan fingerprint density at radius 1 is 0.470 bits per heavy atom. The second-order valence-corrected chi connectivity index (χ2v) is 20.6. The summed E-state index contributed by atoms with van der Waals surface area (Å²) in [5.41, 5.74) is 0. The highest BCUT2D eigenvalue weighted by Crippen LogP contribution is 2.24. The van der Waals surface area contributed by atoms with E-state index in [9.17, 15) is 35.4 Å². The van der Waals surface area contributed by atoms with Gasteiger partial charge in [-0.2, -0.15) is 0 Å². The number of unbranched alkanes of at least 4 members (excludes halogenated alkanes) is 39. The zero-order chi connectivity index (χ0) is 48.1. The van der Waals surface area contributed by atoms with Gasteiger partial charge in [0.15, 0.2) is 6.29 Å². The molecule has 10 nitrogen and oxygen atoms in total. The van der Waals surface area contributed by atoms with Crippen molar-refractivity contribution in [3.63, 3.8) is 0 Å². The largest absolute Gasteiger partial charge is 0.394 e. The molecule has 1 aliphatic heterocycles. The van der Waals surface area contributed by atoms with Crippen molar-refractivity contribution in [3.05, 3.63) is 0 Å². The van der Waals surface area contributed by atoms with Crippen LogP contribution in [0.5, 0.6) is 0 Å². The molecular weight excluding hydrogens is 831 g/mol. The lowest BCUT2D eigenvalue weighted by Gasteiger charge is -2.40. The zero-order valence-corrected chi connectivity index (χ0v) is 43.3. The van der Waals surface area contributed by atoms with Gasteiger partial charge in [0, 0.05) is 6.42 Å². The Morgan fingerprint density at radius 3 is 1.12 bits per heavy atom. The van der Waals surface area contributed by atoms with E-state index < -0.39 is 55.6 Å². The molecule has 1 aliphatic rings. The number of amides is 1. The molecule has 1 amide bonds. The molecule has 1 fully saturated rings. The van der Waals surface area contributed by atoms with Crippen LogP contribution < -0.4 is 5.32 Å². The fourth-order valence-electron chi connectivity index (χ4n) is 9.67. The normalized spacial score (nSPS) is 20.2. The first-order chi connectivity index (χ1) is 32.3. The van der Waals surface area contributed by atoms with Crippen LogP contribution in [0.2, 0.25) is 0 Å². The van der Waals surface area contributed by atoms with Crippen LogP contribution in [0.15, 0.2) is 0 Å². The number of hydrogen-bond acceptors (Lipinski definition) is 9. The zero-order valence-electron chi connectivity index (χ0n) is 43.3. The number of nitrogens with one attached hydrogen (secondary N) is 1. The monoisotopic (exact) mass is 942 g/mol. The number of hydrogen-bond donors (Lipinski definition) is 7. The molecule has 1 rings (SSSR count). The van der Waals surface area contributed by atoms with Crippen LogP contribution in [0.4, 0.5) is 0 Å². The Bertz CT molecular complexity index is 1020. The lowest BCUT2D eigenvalue weighted by molar-refractivity contribution is -0.303. The van der Waals surface area contributed by atoms with Gasteiger partial charge < -0.3 is 45.4 Å². The third-order valence-electron chi connectivity index (χ3n) is 14.3. The second-order valence-electron chi connectivity index (χ2n) is 20.6. The SMILES string of the molecule is CCCCCCCCCCCCCCCCCCCCCCCCCCCCC(=O)N[C@@H](CO[C@@H]1O[C@H](CO)[C@@H](O)C(O)C1O)[C@H](O)[C@H](O)CCCCCCCCCCCCCCCCC. The molecule has 0 spiro atoms. The molecular formula is C56H111NO9. The van der Waals surface area contributed by atoms with E-state index in [0.29, 0.717) is 6.42 Å². The molecule has 394 valence electrons. The molecule has 0 aliphatic carbocycles. The van der Waals surface area contributed by atoms with Gasteiger partial charge in [-0.25, -0.2) is 0 Å². The van der Waals surface area contributed by atoms with Crippen LogP contribution in [-0.4, -0.2) is 98.7 Å². The molecule has 10 heteroatoms. The third-order valence-corrected chi connectivity index (χ3v) is 14.3. The first kappa shape index (κ1) is 63.2. The second kappa shape index (κ2) is 46.5. The maximum Gasteiger partial charge on any atom is 0.220 e. The number of carbonyl (C=O) groups excluding carboxylic acids is 1. The quantitative estimate of drug-likeness (QED) is 0.0294. The maximum absolute atomic E-state index is 13.1. The van der Waals surface area contributed by atoms with Crippen molar-refractivity contribution in [2.45, 2.75) is 339 Å². The highest BCUT2D eigenvalue weighted by molar-refractivity contribution is 5.76. The molecule has 2 unspecified atom stereocenters. The molecule has 0 aromatic carbocycles. The van der Waals surface area contributed by atoms with Gasteiger partial charge in [-0.15, -0.1) is 0 Å². The summed E-state index contributed by atoms with van der Waals surface area (Å²) in [4.78, 5) is 13.1. The van der Waals surface area contributed by atoms with Gasteiger partial charge in [-0.1, -0.05) is 271 Å². The van der Waals surface area contributed by atoms with Crippen molar-refractivity contribution in [2.75, 3.05) is 13.2 Å². The fraction of sp³-hybridized carbons (Fsp3) is 0.982. The molecule has 7 N–H and O–H groups in total. The van der Waals surface area contributed by atoms with Crippen LogP contribution in [0.1, 0.15) is 290 Å². The van der Waals surface area contributed by atoms with Crippen molar-refractivity contribution in [3.8, 4) is 0 Å². The molecule has 0 radical (unpaired) electrons. The third kappa shape index (κ3) is 35.3. The molecule has 1 heterocycles. The first-order valence-corrected chi connectivity index (χ1v) is 28.8. The Labute approximate surface area is 407 Å². The summed E-state index contributed by atoms with van der Waals surface area (Å²) in [6.07, 6.45) is 44.1. The average Bonchev–Trinajstić information content (AvgIpc) is 3.32. The van der Waals surface area contributed by atoms with E-state index in [2.05, 4.69) is 19.2 Å². The summed E-state index contributed by atoms with van der Waals surface area (Å²) in [5, 5.41) is 65.5. The van der Waals surface area contributed by atoms with Crippen LogP contribution in [-0.2, 0) is 14.3 Å². The molecule has 1 saturated heterocycles. The first-order valence-electron chi connectivity index (χ1n) is 28.8. The van der Waals surface area contributed by atoms with Crippen molar-refractivity contribution in [1.82, 2.24) is 5.32 Å². The fourth-order valence-corrected chi connectivity index (χ4v) is 9.67. The molecule has 0 aromatic heterocycles.